The predicted molar refractivity (Wildman–Crippen MR) is 118 cm³/mol. The van der Waals surface area contributed by atoms with Crippen molar-refractivity contribution in [1.29, 1.82) is 0 Å². The third-order valence-electron chi connectivity index (χ3n) is 2.97. The Morgan fingerprint density at radius 3 is 1.00 bits per heavy atom. The van der Waals surface area contributed by atoms with E-state index in [0.717, 1.165) is 24.3 Å². The average molecular weight is 632 g/mol. The number of hydrogen-bond donors (Lipinski definition) is 4. The first-order chi connectivity index (χ1) is 12.6. The number of phenols is 2. The zero-order valence-electron chi connectivity index (χ0n) is 18.1. The number of carboxylic acids is 2. The van der Waals surface area contributed by atoms with E-state index in [9.17, 15) is 35.5 Å². The molecule has 0 fully saturated rings. The smallest absolute Gasteiger partial charge is 2.00 e. The second-order valence-electron chi connectivity index (χ2n) is 4.88. The minimum atomic E-state index is -4.70. The largest absolute Gasteiger partial charge is 4.00 e. The molecule has 2 aromatic carbocycles. The molecule has 37 heavy (non-hydrogen) atoms. The number of rotatable bonds is 4. The van der Waals surface area contributed by atoms with Gasteiger partial charge in [0.1, 0.15) is 42.9 Å². The first-order valence-corrected chi connectivity index (χ1v) is 9.50. The van der Waals surface area contributed by atoms with Gasteiger partial charge in [0.15, 0.2) is 0 Å². The molecule has 2 rings (SSSR count). The minimum Gasteiger partial charge on any atom is -2.00 e. The number of carbonyl (C=O) groups is 2. The molecule has 0 saturated carbocycles. The van der Waals surface area contributed by atoms with Gasteiger partial charge in [-0.05, 0) is 36.4 Å². The maximum Gasteiger partial charge on any atom is 4.00 e. The zero-order valence-corrected chi connectivity index (χ0v) is 21.1. The summed E-state index contributed by atoms with van der Waals surface area (Å²) in [4.78, 5) is 19.5. The van der Waals surface area contributed by atoms with E-state index in [0.29, 0.717) is 12.1 Å². The Labute approximate surface area is 219 Å². The molecule has 1 radical (unpaired) electrons. The fraction of sp³-hybridized carbons (Fsp3) is 0. The molecule has 20 nitrogen and oxygen atoms in total. The fourth-order valence-corrected chi connectivity index (χ4v) is 2.68. The summed E-state index contributed by atoms with van der Waals surface area (Å²) in [6.45, 7) is 0. The molecule has 0 unspecified atom stereocenters. The topological polar surface area (TPSA) is 486 Å². The van der Waals surface area contributed by atoms with Gasteiger partial charge < -0.3 is 73.3 Å². The minimum absolute atomic E-state index is 0. The van der Waals surface area contributed by atoms with Crippen molar-refractivity contribution in [2.75, 3.05) is 0 Å². The van der Waals surface area contributed by atoms with Crippen LogP contribution in [-0.2, 0) is 71.6 Å². The van der Waals surface area contributed by atoms with Crippen LogP contribution in [0.3, 0.4) is 0 Å². The third-order valence-corrected chi connectivity index (χ3v) is 4.64. The van der Waals surface area contributed by atoms with Crippen LogP contribution < -0.4 is 0 Å². The molecule has 2 aromatic rings. The van der Waals surface area contributed by atoms with E-state index in [4.69, 9.17) is 20.4 Å². The van der Waals surface area contributed by atoms with Crippen LogP contribution in [0.5, 0.6) is 11.5 Å². The molecule has 0 aliphatic heterocycles. The Kier molecular flexibility index (Phi) is 35.7. The maximum atomic E-state index is 10.5. The van der Waals surface area contributed by atoms with Crippen molar-refractivity contribution in [3.63, 3.8) is 0 Å². The van der Waals surface area contributed by atoms with E-state index in [1.54, 1.807) is 0 Å². The van der Waals surface area contributed by atoms with Crippen LogP contribution in [-0.4, -0.2) is 69.3 Å². The average Bonchev–Trinajstić information content (AvgIpc) is 2.53. The second-order valence-corrected chi connectivity index (χ2v) is 7.64. The molecule has 23 N–H and O–H groups in total. The van der Waals surface area contributed by atoms with Gasteiger partial charge in [0, 0.05) is 0 Å². The molecule has 0 heterocycles. The maximum absolute atomic E-state index is 10.5. The Hall–Kier alpha value is -2.94. The van der Waals surface area contributed by atoms with E-state index in [-0.39, 0.29) is 62.4 Å². The normalized spacial score (nSPS) is 8.49. The van der Waals surface area contributed by atoms with E-state index in [2.05, 4.69) is 0 Å². The van der Waals surface area contributed by atoms with Gasteiger partial charge in [-0.3, -0.25) is 0 Å². The molecule has 0 amide bonds. The number of aromatic hydroxyl groups is 2. The van der Waals surface area contributed by atoms with Crippen molar-refractivity contribution in [3.8, 4) is 11.5 Å². The van der Waals surface area contributed by atoms with Gasteiger partial charge in [-0.2, -0.15) is 0 Å². The van der Waals surface area contributed by atoms with Crippen molar-refractivity contribution in [2.24, 2.45) is 0 Å². The monoisotopic (exact) mass is 632 g/mol. The predicted octanol–water partition coefficient (Wildman–Crippen LogP) is -6.39. The van der Waals surface area contributed by atoms with Crippen molar-refractivity contribution >= 4 is 32.2 Å². The molecule has 0 aliphatic carbocycles. The summed E-state index contributed by atoms with van der Waals surface area (Å²) >= 11 is 0. The van der Waals surface area contributed by atoms with E-state index < -0.39 is 64.6 Å². The Balaban J connectivity index is -0.0000000487. The van der Waals surface area contributed by atoms with Crippen molar-refractivity contribution < 1.29 is 118 Å². The summed E-state index contributed by atoms with van der Waals surface area (Å²) in [5.41, 5.74) is -1.25. The quantitative estimate of drug-likeness (QED) is 0.181. The van der Waals surface area contributed by atoms with Crippen LogP contribution in [0.1, 0.15) is 20.7 Å². The summed E-state index contributed by atoms with van der Waals surface area (Å²) < 4.78 is 62.9. The van der Waals surface area contributed by atoms with Gasteiger partial charge in [-0.1, -0.05) is 0 Å². The molecule has 0 aromatic heterocycles. The molecule has 0 saturated heterocycles. The Bertz CT molecular complexity index is 1060. The van der Waals surface area contributed by atoms with Crippen molar-refractivity contribution in [1.82, 2.24) is 0 Å². The first kappa shape index (κ1) is 59.3. The van der Waals surface area contributed by atoms with Gasteiger partial charge in [0.2, 0.25) is 0 Å². The standard InChI is InChI=1S/2C7H6O6S.7H2O.O.V/c2*8-6-2-1-4(14(11,12)13)3-5(6)7(9)10;;;;;;;;;/h2*1-3,8H,(H,9,10)(H,11,12,13);7*1H2;;/q;;;;;;;;;-2;+4/p+3. The van der Waals surface area contributed by atoms with Gasteiger partial charge in [0.25, 0.3) is 0 Å². The number of benzene rings is 2. The number of hydrogen-bond acceptors (Lipinski definition) is 10. The molecule has 0 spiro atoms. The van der Waals surface area contributed by atoms with Crippen LogP contribution >= 0.6 is 0 Å². The fourth-order valence-electron chi connectivity index (χ4n) is 1.68. The number of carboxylic acid groups (broad SMARTS) is 2. The van der Waals surface area contributed by atoms with Crippen LogP contribution in [0.25, 0.3) is 0 Å². The molecule has 0 atom stereocenters. The summed E-state index contributed by atoms with van der Waals surface area (Å²) in [5.74, 6) is -4.20. The van der Waals surface area contributed by atoms with E-state index in [1.165, 1.54) is 0 Å². The zero-order chi connectivity index (χ0) is 21.9. The summed E-state index contributed by atoms with van der Waals surface area (Å²) in [5, 5.41) is 35.0. The number of aromatic carboxylic acids is 2. The molecule has 23 heteroatoms. The first-order valence-electron chi connectivity index (χ1n) is 6.69. The molecular formula is C14H29O20S2V+5. The molecule has 217 valence electrons. The van der Waals surface area contributed by atoms with Crippen LogP contribution in [0.4, 0.5) is 0 Å². The summed E-state index contributed by atoms with van der Waals surface area (Å²) in [6, 6.07) is 4.58. The van der Waals surface area contributed by atoms with E-state index in [1.807, 2.05) is 0 Å². The van der Waals surface area contributed by atoms with Gasteiger partial charge >= 0.3 is 30.5 Å². The van der Waals surface area contributed by atoms with Crippen LogP contribution in [0.2, 0.25) is 0 Å². The Morgan fingerprint density at radius 1 is 0.622 bits per heavy atom. The third kappa shape index (κ3) is 17.2. The van der Waals surface area contributed by atoms with Gasteiger partial charge in [-0.15, -0.1) is 0 Å². The van der Waals surface area contributed by atoms with Crippen molar-refractivity contribution in [2.45, 2.75) is 9.79 Å². The summed E-state index contributed by atoms with van der Waals surface area (Å²) in [6.07, 6.45) is 0. The molecular weight excluding hydrogens is 603 g/mol. The Morgan fingerprint density at radius 2 is 0.838 bits per heavy atom. The molecule has 0 aliphatic rings. The van der Waals surface area contributed by atoms with Crippen LogP contribution in [0, 0.1) is 0 Å². The summed E-state index contributed by atoms with van der Waals surface area (Å²) in [7, 11) is -9.40. The van der Waals surface area contributed by atoms with Gasteiger partial charge in [0.05, 0.1) is 9.79 Å². The van der Waals surface area contributed by atoms with E-state index >= 15 is 0 Å². The van der Waals surface area contributed by atoms with Crippen LogP contribution in [0.15, 0.2) is 46.2 Å². The second kappa shape index (κ2) is 22.3. The SMILES string of the molecule is O.O.O=C(O)c1cc(S(=O)(=O)[O-])ccc1O.O=C(O)c1cc(S(=O)(=O)[O-])ccc1O.[O-2].[OH3+].[OH3+].[OH3+].[OH3+].[OH3+].[V+4]. The molecule has 0 bridgehead atoms. The van der Waals surface area contributed by atoms with Crippen molar-refractivity contribution in [3.05, 3.63) is 47.5 Å². The van der Waals surface area contributed by atoms with Gasteiger partial charge in [-0.25, -0.2) is 26.4 Å².